The lowest BCUT2D eigenvalue weighted by molar-refractivity contribution is 0.0777. The Labute approximate surface area is 289 Å². The van der Waals surface area contributed by atoms with Crippen molar-refractivity contribution in [2.24, 2.45) is 0 Å². The zero-order valence-electron chi connectivity index (χ0n) is 28.7. The summed E-state index contributed by atoms with van der Waals surface area (Å²) in [5, 5.41) is 0. The number of para-hydroxylation sites is 2. The number of aromatic nitrogens is 2. The van der Waals surface area contributed by atoms with Crippen LogP contribution in [0.3, 0.4) is 0 Å². The van der Waals surface area contributed by atoms with Crippen molar-refractivity contribution >= 4 is 33.0 Å². The summed E-state index contributed by atoms with van der Waals surface area (Å²) in [5.41, 5.74) is 3.44. The minimum Gasteiger partial charge on any atom is -0.496 e. The molecule has 12 heteroatoms. The Morgan fingerprint density at radius 3 is 2.51 bits per heavy atom. The number of carbonyl (C=O) groups is 1. The summed E-state index contributed by atoms with van der Waals surface area (Å²) in [6.07, 6.45) is 3.75. The number of likely N-dealkylation sites (tertiary alicyclic amines) is 1. The smallest absolute Gasteiger partial charge is 0.306 e. The molecule has 3 aromatic carbocycles. The van der Waals surface area contributed by atoms with Crippen LogP contribution in [0.2, 0.25) is 0 Å². The van der Waals surface area contributed by atoms with Gasteiger partial charge in [-0.05, 0) is 75.2 Å². The van der Waals surface area contributed by atoms with E-state index >= 15 is 0 Å². The van der Waals surface area contributed by atoms with E-state index in [1.165, 1.54) is 24.8 Å². The van der Waals surface area contributed by atoms with Crippen molar-refractivity contribution in [2.75, 3.05) is 77.3 Å². The molecular formula is C37H47N5O6S. The van der Waals surface area contributed by atoms with Crippen LogP contribution in [-0.2, 0) is 26.8 Å². The van der Waals surface area contributed by atoms with Crippen molar-refractivity contribution in [3.63, 3.8) is 0 Å². The van der Waals surface area contributed by atoms with Crippen LogP contribution in [0.15, 0.2) is 72.8 Å². The molecule has 2 aliphatic heterocycles. The van der Waals surface area contributed by atoms with Gasteiger partial charge in [0.2, 0.25) is 5.95 Å². The first-order chi connectivity index (χ1) is 23.7. The van der Waals surface area contributed by atoms with Crippen LogP contribution < -0.4 is 13.8 Å². The van der Waals surface area contributed by atoms with Gasteiger partial charge < -0.3 is 32.9 Å². The van der Waals surface area contributed by atoms with Gasteiger partial charge in [0.05, 0.1) is 36.6 Å². The molecule has 1 atom stereocenters. The predicted molar refractivity (Wildman–Crippen MR) is 191 cm³/mol. The Morgan fingerprint density at radius 1 is 0.939 bits per heavy atom. The summed E-state index contributed by atoms with van der Waals surface area (Å²) in [6, 6.07) is 23.4. The molecule has 1 amide bonds. The number of hydrogen-bond acceptors (Lipinski definition) is 9. The van der Waals surface area contributed by atoms with Crippen molar-refractivity contribution in [1.82, 2.24) is 19.4 Å². The van der Waals surface area contributed by atoms with E-state index in [-0.39, 0.29) is 22.6 Å². The van der Waals surface area contributed by atoms with Crippen molar-refractivity contribution in [1.29, 1.82) is 0 Å². The van der Waals surface area contributed by atoms with Gasteiger partial charge in [-0.3, -0.25) is 4.79 Å². The maximum Gasteiger partial charge on any atom is 0.306 e. The zero-order valence-corrected chi connectivity index (χ0v) is 29.5. The maximum absolute atomic E-state index is 14.0. The van der Waals surface area contributed by atoms with Gasteiger partial charge in [-0.25, -0.2) is 4.98 Å². The van der Waals surface area contributed by atoms with Gasteiger partial charge >= 0.3 is 10.1 Å². The summed E-state index contributed by atoms with van der Waals surface area (Å²) in [6.45, 7) is 9.91. The molecule has 262 valence electrons. The minimum atomic E-state index is -3.75. The fourth-order valence-electron chi connectivity index (χ4n) is 7.26. The maximum atomic E-state index is 14.0. The lowest BCUT2D eigenvalue weighted by Gasteiger charge is -2.33. The van der Waals surface area contributed by atoms with Crippen LogP contribution in [0.25, 0.3) is 11.0 Å². The van der Waals surface area contributed by atoms with Gasteiger partial charge in [-0.1, -0.05) is 42.5 Å². The van der Waals surface area contributed by atoms with E-state index in [4.69, 9.17) is 18.6 Å². The van der Waals surface area contributed by atoms with Crippen molar-refractivity contribution in [3.05, 3.63) is 83.9 Å². The number of rotatable bonds is 13. The second-order valence-electron chi connectivity index (χ2n) is 13.0. The Bertz CT molecular complexity index is 1850. The quantitative estimate of drug-likeness (QED) is 0.145. The molecule has 1 unspecified atom stereocenters. The summed E-state index contributed by atoms with van der Waals surface area (Å²) in [7, 11) is -2.25. The van der Waals surface area contributed by atoms with Crippen LogP contribution in [0.1, 0.15) is 42.1 Å². The number of imidazole rings is 1. The monoisotopic (exact) mass is 689 g/mol. The van der Waals surface area contributed by atoms with Crippen molar-refractivity contribution < 1.29 is 26.9 Å². The Hall–Kier alpha value is -4.13. The van der Waals surface area contributed by atoms with E-state index in [1.807, 2.05) is 24.0 Å². The van der Waals surface area contributed by atoms with Crippen LogP contribution in [0, 0.1) is 0 Å². The van der Waals surface area contributed by atoms with Gasteiger partial charge in [0.15, 0.2) is 0 Å². The van der Waals surface area contributed by atoms with E-state index in [0.29, 0.717) is 32.1 Å². The number of hydrogen-bond donors (Lipinski definition) is 0. The second kappa shape index (κ2) is 15.2. The Morgan fingerprint density at radius 2 is 1.73 bits per heavy atom. The van der Waals surface area contributed by atoms with Crippen LogP contribution in [-0.4, -0.2) is 106 Å². The second-order valence-corrected chi connectivity index (χ2v) is 14.5. The first-order valence-electron chi connectivity index (χ1n) is 17.1. The number of ether oxygens (including phenoxy) is 2. The molecule has 0 aliphatic carbocycles. The highest BCUT2D eigenvalue weighted by Gasteiger charge is 2.42. The summed E-state index contributed by atoms with van der Waals surface area (Å²) >= 11 is 0. The van der Waals surface area contributed by atoms with Gasteiger partial charge in [0, 0.05) is 51.3 Å². The average molecular weight is 690 g/mol. The molecule has 0 spiro atoms. The predicted octanol–water partition coefficient (Wildman–Crippen LogP) is 4.81. The third kappa shape index (κ3) is 8.03. The van der Waals surface area contributed by atoms with Crippen molar-refractivity contribution in [3.8, 4) is 11.5 Å². The molecule has 1 aromatic heterocycles. The fraction of sp³-hybridized carbons (Fsp3) is 0.459. The number of nitrogens with zero attached hydrogens (tertiary/aromatic N) is 5. The number of benzene rings is 3. The molecule has 0 bridgehead atoms. The molecule has 0 saturated carbocycles. The molecule has 4 aromatic rings. The van der Waals surface area contributed by atoms with Gasteiger partial charge in [-0.2, -0.15) is 8.42 Å². The SMILES string of the molecule is CCOCCn1c(N2CCCN(CCC3(c4ccccc4)CCN(C(=O)c4cc(OS(C)(=O)=O)ccc4OC)C3)CC2)nc2ccccc21. The van der Waals surface area contributed by atoms with Gasteiger partial charge in [0.25, 0.3) is 5.91 Å². The van der Waals surface area contributed by atoms with E-state index < -0.39 is 10.1 Å². The van der Waals surface area contributed by atoms with E-state index in [0.717, 1.165) is 81.8 Å². The summed E-state index contributed by atoms with van der Waals surface area (Å²) < 4.78 is 42.2. The Kier molecular flexibility index (Phi) is 10.8. The standard InChI is InChI=1S/C37H47N5O6S/c1-4-47-26-25-42-33-14-9-8-13-32(33)38-36(42)40-20-10-19-39(23-24-40)21-17-37(29-11-6-5-7-12-29)18-22-41(28-37)35(43)31-27-30(48-49(3,44)45)15-16-34(31)46-2/h5-9,11-16,27H,4,10,17-26,28H2,1-3H3. The number of methoxy groups -OCH3 is 1. The molecule has 11 nitrogen and oxygen atoms in total. The van der Waals surface area contributed by atoms with Gasteiger partial charge in [-0.15, -0.1) is 0 Å². The van der Waals surface area contributed by atoms with E-state index in [1.54, 1.807) is 6.07 Å². The lowest BCUT2D eigenvalue weighted by Crippen LogP contribution is -2.39. The molecular weight excluding hydrogens is 643 g/mol. The highest BCUT2D eigenvalue weighted by molar-refractivity contribution is 7.86. The molecule has 49 heavy (non-hydrogen) atoms. The lowest BCUT2D eigenvalue weighted by atomic mass is 9.76. The zero-order chi connectivity index (χ0) is 34.4. The first kappa shape index (κ1) is 34.7. The topological polar surface area (TPSA) is 106 Å². The Balaban J connectivity index is 1.17. The number of anilines is 1. The minimum absolute atomic E-state index is 0.0836. The molecule has 2 saturated heterocycles. The third-order valence-electron chi connectivity index (χ3n) is 9.75. The molecule has 0 radical (unpaired) electrons. The average Bonchev–Trinajstić information content (AvgIpc) is 3.62. The summed E-state index contributed by atoms with van der Waals surface area (Å²) in [4.78, 5) is 25.9. The van der Waals surface area contributed by atoms with Crippen LogP contribution in [0.5, 0.6) is 11.5 Å². The highest BCUT2D eigenvalue weighted by atomic mass is 32.2. The number of fused-ring (bicyclic) bond motifs is 1. The van der Waals surface area contributed by atoms with Crippen LogP contribution >= 0.6 is 0 Å². The number of carbonyl (C=O) groups excluding carboxylic acids is 1. The van der Waals surface area contributed by atoms with E-state index in [9.17, 15) is 13.2 Å². The summed E-state index contributed by atoms with van der Waals surface area (Å²) in [5.74, 6) is 1.27. The fourth-order valence-corrected chi connectivity index (χ4v) is 7.72. The van der Waals surface area contributed by atoms with Gasteiger partial charge in [0.1, 0.15) is 11.5 Å². The van der Waals surface area contributed by atoms with Crippen molar-refractivity contribution in [2.45, 2.75) is 38.1 Å². The molecule has 0 N–H and O–H groups in total. The molecule has 2 aliphatic rings. The molecule has 2 fully saturated rings. The van der Waals surface area contributed by atoms with E-state index in [2.05, 4.69) is 56.8 Å². The molecule has 3 heterocycles. The number of amides is 1. The van der Waals surface area contributed by atoms with Crippen LogP contribution in [0.4, 0.5) is 5.95 Å². The third-order valence-corrected chi connectivity index (χ3v) is 10.2. The highest BCUT2D eigenvalue weighted by Crippen LogP contribution is 2.39. The first-order valence-corrected chi connectivity index (χ1v) is 18.9. The largest absolute Gasteiger partial charge is 0.496 e. The molecule has 6 rings (SSSR count). The normalized spacial score (nSPS) is 18.9.